The molecule has 4 N–H and O–H groups in total. The summed E-state index contributed by atoms with van der Waals surface area (Å²) in [4.78, 5) is 0.421. The lowest BCUT2D eigenvalue weighted by molar-refractivity contribution is 0.355. The molecule has 0 aliphatic carbocycles. The van der Waals surface area contributed by atoms with E-state index in [4.69, 9.17) is 0 Å². The molecule has 290 valence electrons. The minimum absolute atomic E-state index is 0.210. The van der Waals surface area contributed by atoms with E-state index in [0.717, 1.165) is 33.4 Å². The van der Waals surface area contributed by atoms with Crippen molar-refractivity contribution in [2.24, 2.45) is 0 Å². The third-order valence-electron chi connectivity index (χ3n) is 9.78. The second-order valence-corrected chi connectivity index (χ2v) is 17.7. The van der Waals surface area contributed by atoms with Gasteiger partial charge in [0.25, 0.3) is 0 Å². The van der Waals surface area contributed by atoms with Gasteiger partial charge in [0.2, 0.25) is 20.0 Å². The predicted octanol–water partition coefficient (Wildman–Crippen LogP) is 7.44. The number of hydrogen-bond donors (Lipinski definition) is 4. The average Bonchev–Trinajstić information content (AvgIpc) is 3.20. The molecule has 0 saturated heterocycles. The molecule has 6 rings (SSSR count). The van der Waals surface area contributed by atoms with Crippen molar-refractivity contribution in [1.82, 2.24) is 20.1 Å². The molecule has 0 spiro atoms. The fourth-order valence-corrected chi connectivity index (χ4v) is 9.31. The molecular formula is C46H50N4O4S2. The molecule has 4 atom stereocenters. The van der Waals surface area contributed by atoms with Crippen LogP contribution in [0.4, 0.5) is 0 Å². The highest BCUT2D eigenvalue weighted by Gasteiger charge is 2.29. The van der Waals surface area contributed by atoms with Gasteiger partial charge in [0.15, 0.2) is 0 Å². The van der Waals surface area contributed by atoms with Crippen molar-refractivity contribution < 1.29 is 16.8 Å². The van der Waals surface area contributed by atoms with Crippen molar-refractivity contribution in [1.29, 1.82) is 0 Å². The molecule has 0 amide bonds. The summed E-state index contributed by atoms with van der Waals surface area (Å²) < 4.78 is 61.1. The average molecular weight is 787 g/mol. The van der Waals surface area contributed by atoms with E-state index in [-0.39, 0.29) is 21.9 Å². The highest BCUT2D eigenvalue weighted by molar-refractivity contribution is 7.89. The molecule has 0 radical (unpaired) electrons. The van der Waals surface area contributed by atoms with E-state index in [1.54, 1.807) is 48.5 Å². The first-order valence-corrected chi connectivity index (χ1v) is 21.8. The van der Waals surface area contributed by atoms with Gasteiger partial charge in [-0.2, -0.15) is 0 Å². The van der Waals surface area contributed by atoms with Crippen LogP contribution in [0.3, 0.4) is 0 Å². The van der Waals surface area contributed by atoms with Gasteiger partial charge in [0, 0.05) is 25.2 Å². The Bertz CT molecular complexity index is 2140. The highest BCUT2D eigenvalue weighted by Crippen LogP contribution is 2.30. The van der Waals surface area contributed by atoms with Gasteiger partial charge in [-0.25, -0.2) is 26.3 Å². The summed E-state index contributed by atoms with van der Waals surface area (Å²) in [6.07, 6.45) is 0.924. The first kappa shape index (κ1) is 40.7. The SMILES string of the molecule is Cc1ccc(S(=O)(=O)N[C@@H](CN[C@H](c2ccccc2)[C@H](NC[C@@H](Cc2ccccc2)NS(=O)(=O)c2ccc(C)cc2)c2ccccc2)Cc2ccccc2)cc1. The molecular weight excluding hydrogens is 737 g/mol. The summed E-state index contributed by atoms with van der Waals surface area (Å²) in [5.41, 5.74) is 5.95. The van der Waals surface area contributed by atoms with Gasteiger partial charge in [0.1, 0.15) is 0 Å². The third-order valence-corrected chi connectivity index (χ3v) is 12.8. The number of benzene rings is 6. The molecule has 0 aromatic heterocycles. The quantitative estimate of drug-likeness (QED) is 0.0679. The van der Waals surface area contributed by atoms with Crippen LogP contribution in [0, 0.1) is 13.8 Å². The summed E-state index contributed by atoms with van der Waals surface area (Å²) in [5, 5.41) is 7.53. The summed E-state index contributed by atoms with van der Waals surface area (Å²) in [6, 6.07) is 51.8. The lowest BCUT2D eigenvalue weighted by Gasteiger charge is -2.33. The van der Waals surface area contributed by atoms with Crippen molar-refractivity contribution in [3.8, 4) is 0 Å². The maximum atomic E-state index is 13.8. The highest BCUT2D eigenvalue weighted by atomic mass is 32.2. The van der Waals surface area contributed by atoms with Crippen LogP contribution in [0.15, 0.2) is 180 Å². The minimum Gasteiger partial charge on any atom is -0.307 e. The van der Waals surface area contributed by atoms with Gasteiger partial charge >= 0.3 is 0 Å². The molecule has 0 unspecified atom stereocenters. The zero-order valence-corrected chi connectivity index (χ0v) is 33.4. The topological polar surface area (TPSA) is 116 Å². The Morgan fingerprint density at radius 3 is 1.04 bits per heavy atom. The van der Waals surface area contributed by atoms with Crippen LogP contribution in [0.2, 0.25) is 0 Å². The molecule has 0 aliphatic rings. The number of nitrogens with one attached hydrogen (secondary N) is 4. The Morgan fingerprint density at radius 2 is 0.714 bits per heavy atom. The van der Waals surface area contributed by atoms with Crippen molar-refractivity contribution in [3.63, 3.8) is 0 Å². The van der Waals surface area contributed by atoms with Crippen molar-refractivity contribution >= 4 is 20.0 Å². The van der Waals surface area contributed by atoms with E-state index in [1.807, 2.05) is 111 Å². The Balaban J connectivity index is 1.31. The standard InChI is InChI=1S/C46H50N4O4S2/c1-35-23-27-43(28-24-35)55(51,52)49-41(31-37-15-7-3-8-16-37)33-47-45(39-19-11-5-12-20-39)46(40-21-13-6-14-22-40)48-34-42(32-38-17-9-4-10-18-38)50-56(53,54)44-29-25-36(2)26-30-44/h3-30,41-42,45-50H,31-34H2,1-2H3/t41-,42-,45-,46-/m1/s1. The van der Waals surface area contributed by atoms with E-state index in [1.165, 1.54) is 0 Å². The Kier molecular flexibility index (Phi) is 14.0. The van der Waals surface area contributed by atoms with Gasteiger partial charge in [-0.3, -0.25) is 0 Å². The lowest BCUT2D eigenvalue weighted by atomic mass is 9.92. The molecule has 0 aliphatic heterocycles. The number of rotatable bonds is 19. The number of hydrogen-bond acceptors (Lipinski definition) is 6. The zero-order valence-electron chi connectivity index (χ0n) is 31.8. The number of aryl methyl sites for hydroxylation is 2. The second kappa shape index (κ2) is 19.3. The van der Waals surface area contributed by atoms with E-state index in [9.17, 15) is 16.8 Å². The van der Waals surface area contributed by atoms with Crippen LogP contribution >= 0.6 is 0 Å². The van der Waals surface area contributed by atoms with Crippen molar-refractivity contribution in [2.45, 2.75) is 60.6 Å². The van der Waals surface area contributed by atoms with E-state index in [2.05, 4.69) is 44.3 Å². The molecule has 0 bridgehead atoms. The van der Waals surface area contributed by atoms with Gasteiger partial charge in [-0.15, -0.1) is 0 Å². The first-order valence-electron chi connectivity index (χ1n) is 18.9. The fourth-order valence-electron chi connectivity index (χ4n) is 6.83. The summed E-state index contributed by atoms with van der Waals surface area (Å²) >= 11 is 0. The lowest BCUT2D eigenvalue weighted by Crippen LogP contribution is -2.48. The van der Waals surface area contributed by atoms with Crippen LogP contribution in [-0.4, -0.2) is 42.0 Å². The first-order chi connectivity index (χ1) is 27.1. The maximum absolute atomic E-state index is 13.8. The molecule has 6 aromatic carbocycles. The molecule has 0 saturated carbocycles. The van der Waals surface area contributed by atoms with Crippen LogP contribution in [0.1, 0.15) is 45.5 Å². The summed E-state index contributed by atoms with van der Waals surface area (Å²) in [6.45, 7) is 4.46. The largest absolute Gasteiger partial charge is 0.307 e. The molecule has 8 nitrogen and oxygen atoms in total. The molecule has 6 aromatic rings. The van der Waals surface area contributed by atoms with Gasteiger partial charge < -0.3 is 10.6 Å². The van der Waals surface area contributed by atoms with E-state index < -0.39 is 32.1 Å². The predicted molar refractivity (Wildman–Crippen MR) is 225 cm³/mol. The monoisotopic (exact) mass is 786 g/mol. The second-order valence-electron chi connectivity index (χ2n) is 14.2. The molecule has 56 heavy (non-hydrogen) atoms. The molecule has 0 fully saturated rings. The summed E-state index contributed by atoms with van der Waals surface area (Å²) in [7, 11) is -7.69. The van der Waals surface area contributed by atoms with Crippen molar-refractivity contribution in [3.05, 3.63) is 203 Å². The Hall–Kier alpha value is -4.94. The van der Waals surface area contributed by atoms with E-state index >= 15 is 0 Å². The Morgan fingerprint density at radius 1 is 0.411 bits per heavy atom. The van der Waals surface area contributed by atoms with Gasteiger partial charge in [-0.05, 0) is 73.2 Å². The number of sulfonamides is 2. The van der Waals surface area contributed by atoms with Crippen molar-refractivity contribution in [2.75, 3.05) is 13.1 Å². The molecule has 10 heteroatoms. The van der Waals surface area contributed by atoms with Crippen LogP contribution in [-0.2, 0) is 32.9 Å². The normalized spacial score (nSPS) is 14.1. The fraction of sp³-hybridized carbons (Fsp3) is 0.217. The van der Waals surface area contributed by atoms with E-state index in [0.29, 0.717) is 25.9 Å². The zero-order chi connectivity index (χ0) is 39.4. The smallest absolute Gasteiger partial charge is 0.240 e. The molecule has 0 heterocycles. The van der Waals surface area contributed by atoms with Crippen LogP contribution in [0.5, 0.6) is 0 Å². The van der Waals surface area contributed by atoms with Gasteiger partial charge in [-0.1, -0.05) is 157 Å². The van der Waals surface area contributed by atoms with Crippen LogP contribution < -0.4 is 20.1 Å². The Labute approximate surface area is 332 Å². The minimum atomic E-state index is -3.85. The van der Waals surface area contributed by atoms with Gasteiger partial charge in [0.05, 0.1) is 21.9 Å². The maximum Gasteiger partial charge on any atom is 0.240 e. The summed E-state index contributed by atoms with van der Waals surface area (Å²) in [5.74, 6) is 0. The third kappa shape index (κ3) is 11.5. The van der Waals surface area contributed by atoms with Crippen LogP contribution in [0.25, 0.3) is 0 Å².